The van der Waals surface area contributed by atoms with Crippen molar-refractivity contribution in [2.45, 2.75) is 0 Å². The first-order valence-electron chi connectivity index (χ1n) is 5.06. The molecule has 2 rings (SSSR count). The highest BCUT2D eigenvalue weighted by Gasteiger charge is 2.11. The fourth-order valence-corrected chi connectivity index (χ4v) is 1.92. The van der Waals surface area contributed by atoms with Crippen LogP contribution in [0.5, 0.6) is 11.5 Å². The lowest BCUT2D eigenvalue weighted by atomic mass is 10.2. The van der Waals surface area contributed by atoms with Gasteiger partial charge in [-0.3, -0.25) is 0 Å². The summed E-state index contributed by atoms with van der Waals surface area (Å²) >= 11 is 11.7. The van der Waals surface area contributed by atoms with E-state index in [4.69, 9.17) is 32.7 Å². The summed E-state index contributed by atoms with van der Waals surface area (Å²) in [6, 6.07) is 6.80. The molecule has 4 nitrogen and oxygen atoms in total. The second kappa shape index (κ2) is 5.42. The molecule has 0 unspecified atom stereocenters. The van der Waals surface area contributed by atoms with Crippen LogP contribution in [-0.2, 0) is 0 Å². The minimum atomic E-state index is 0.280. The standard InChI is InChI=1S/C12H10Cl2N2O2/c1-17-7-3-4-8(9(5-7)18-2)12-15-10(13)6-11(14)16-12/h3-6H,1-2H3. The maximum Gasteiger partial charge on any atom is 0.166 e. The van der Waals surface area contributed by atoms with Crippen LogP contribution in [0.3, 0.4) is 0 Å². The quantitative estimate of drug-likeness (QED) is 0.810. The van der Waals surface area contributed by atoms with Crippen molar-refractivity contribution in [3.05, 3.63) is 34.6 Å². The normalized spacial score (nSPS) is 10.2. The molecule has 1 heterocycles. The Morgan fingerprint density at radius 2 is 1.61 bits per heavy atom. The fraction of sp³-hybridized carbons (Fsp3) is 0.167. The van der Waals surface area contributed by atoms with Gasteiger partial charge in [0.15, 0.2) is 5.82 Å². The third-order valence-electron chi connectivity index (χ3n) is 2.31. The summed E-state index contributed by atoms with van der Waals surface area (Å²) < 4.78 is 10.4. The molecule has 0 N–H and O–H groups in total. The molecule has 0 aliphatic heterocycles. The van der Waals surface area contributed by atoms with Crippen molar-refractivity contribution in [1.29, 1.82) is 0 Å². The summed E-state index contributed by atoms with van der Waals surface area (Å²) in [5, 5.41) is 0.561. The van der Waals surface area contributed by atoms with Crippen LogP contribution in [0.2, 0.25) is 10.3 Å². The molecule has 0 spiro atoms. The minimum absolute atomic E-state index is 0.280. The number of hydrogen-bond acceptors (Lipinski definition) is 4. The molecule has 0 radical (unpaired) electrons. The van der Waals surface area contributed by atoms with Crippen molar-refractivity contribution in [2.75, 3.05) is 14.2 Å². The van der Waals surface area contributed by atoms with Gasteiger partial charge in [-0.25, -0.2) is 9.97 Å². The number of benzene rings is 1. The van der Waals surface area contributed by atoms with Crippen molar-refractivity contribution in [3.63, 3.8) is 0 Å². The zero-order valence-corrected chi connectivity index (χ0v) is 11.3. The van der Waals surface area contributed by atoms with Crippen LogP contribution in [-0.4, -0.2) is 24.2 Å². The Bertz CT molecular complexity index is 556. The lowest BCUT2D eigenvalue weighted by Gasteiger charge is -2.09. The van der Waals surface area contributed by atoms with Crippen LogP contribution < -0.4 is 9.47 Å². The molecule has 0 atom stereocenters. The smallest absolute Gasteiger partial charge is 0.166 e. The second-order valence-corrected chi connectivity index (χ2v) is 4.18. The van der Waals surface area contributed by atoms with Gasteiger partial charge in [0.1, 0.15) is 21.8 Å². The lowest BCUT2D eigenvalue weighted by molar-refractivity contribution is 0.395. The molecule has 0 saturated carbocycles. The van der Waals surface area contributed by atoms with Crippen molar-refractivity contribution < 1.29 is 9.47 Å². The van der Waals surface area contributed by atoms with E-state index in [-0.39, 0.29) is 10.3 Å². The number of ether oxygens (including phenoxy) is 2. The number of halogens is 2. The summed E-state index contributed by atoms with van der Waals surface area (Å²) in [5.74, 6) is 1.68. The van der Waals surface area contributed by atoms with Gasteiger partial charge in [-0.2, -0.15) is 0 Å². The monoisotopic (exact) mass is 284 g/mol. The van der Waals surface area contributed by atoms with Crippen molar-refractivity contribution >= 4 is 23.2 Å². The fourth-order valence-electron chi connectivity index (χ4n) is 1.49. The predicted molar refractivity (Wildman–Crippen MR) is 70.6 cm³/mol. The summed E-state index contributed by atoms with van der Waals surface area (Å²) in [4.78, 5) is 8.23. The number of rotatable bonds is 3. The van der Waals surface area contributed by atoms with E-state index in [0.717, 1.165) is 0 Å². The molecule has 0 aliphatic carbocycles. The molecule has 6 heteroatoms. The molecule has 0 saturated heterocycles. The molecule has 0 aliphatic rings. The molecule has 94 valence electrons. The van der Waals surface area contributed by atoms with Gasteiger partial charge in [-0.1, -0.05) is 23.2 Å². The largest absolute Gasteiger partial charge is 0.497 e. The van der Waals surface area contributed by atoms with Gasteiger partial charge < -0.3 is 9.47 Å². The maximum atomic E-state index is 5.85. The van der Waals surface area contributed by atoms with Crippen LogP contribution in [0.4, 0.5) is 0 Å². The first-order chi connectivity index (χ1) is 8.63. The predicted octanol–water partition coefficient (Wildman–Crippen LogP) is 3.47. The van der Waals surface area contributed by atoms with E-state index in [1.54, 1.807) is 32.4 Å². The molecular weight excluding hydrogens is 275 g/mol. The number of methoxy groups -OCH3 is 2. The van der Waals surface area contributed by atoms with E-state index in [0.29, 0.717) is 22.9 Å². The summed E-state index contributed by atoms with van der Waals surface area (Å²) in [6.07, 6.45) is 0. The van der Waals surface area contributed by atoms with Gasteiger partial charge >= 0.3 is 0 Å². The van der Waals surface area contributed by atoms with E-state index in [1.165, 1.54) is 6.07 Å². The highest BCUT2D eigenvalue weighted by atomic mass is 35.5. The molecular formula is C12H10Cl2N2O2. The van der Waals surface area contributed by atoms with Gasteiger partial charge in [0.05, 0.1) is 19.8 Å². The van der Waals surface area contributed by atoms with Crippen LogP contribution >= 0.6 is 23.2 Å². The van der Waals surface area contributed by atoms with E-state index < -0.39 is 0 Å². The van der Waals surface area contributed by atoms with Gasteiger partial charge in [0.25, 0.3) is 0 Å². The van der Waals surface area contributed by atoms with Crippen LogP contribution in [0.1, 0.15) is 0 Å². The molecule has 0 amide bonds. The Balaban J connectivity index is 2.55. The average molecular weight is 285 g/mol. The first kappa shape index (κ1) is 12.9. The Hall–Kier alpha value is -1.52. The highest BCUT2D eigenvalue weighted by Crippen LogP contribution is 2.32. The van der Waals surface area contributed by atoms with E-state index >= 15 is 0 Å². The van der Waals surface area contributed by atoms with Gasteiger partial charge in [-0.15, -0.1) is 0 Å². The molecule has 2 aromatic rings. The summed E-state index contributed by atoms with van der Waals surface area (Å²) in [5.41, 5.74) is 0.697. The highest BCUT2D eigenvalue weighted by molar-refractivity contribution is 6.33. The average Bonchev–Trinajstić information content (AvgIpc) is 2.36. The van der Waals surface area contributed by atoms with Crippen molar-refractivity contribution in [3.8, 4) is 22.9 Å². The topological polar surface area (TPSA) is 44.2 Å². The van der Waals surface area contributed by atoms with Gasteiger partial charge in [-0.05, 0) is 12.1 Å². The minimum Gasteiger partial charge on any atom is -0.497 e. The number of aromatic nitrogens is 2. The summed E-state index contributed by atoms with van der Waals surface area (Å²) in [7, 11) is 3.14. The van der Waals surface area contributed by atoms with E-state index in [2.05, 4.69) is 9.97 Å². The number of hydrogen-bond donors (Lipinski definition) is 0. The zero-order valence-electron chi connectivity index (χ0n) is 9.78. The Morgan fingerprint density at radius 1 is 0.944 bits per heavy atom. The van der Waals surface area contributed by atoms with E-state index in [1.807, 2.05) is 0 Å². The Labute approximate surface area is 114 Å². The first-order valence-corrected chi connectivity index (χ1v) is 5.82. The molecule has 1 aromatic heterocycles. The summed E-state index contributed by atoms with van der Waals surface area (Å²) in [6.45, 7) is 0. The molecule has 18 heavy (non-hydrogen) atoms. The van der Waals surface area contributed by atoms with Gasteiger partial charge in [0.2, 0.25) is 0 Å². The van der Waals surface area contributed by atoms with E-state index in [9.17, 15) is 0 Å². The lowest BCUT2D eigenvalue weighted by Crippen LogP contribution is -1.95. The van der Waals surface area contributed by atoms with Crippen LogP contribution in [0.25, 0.3) is 11.4 Å². The Kier molecular flexibility index (Phi) is 3.89. The number of nitrogens with zero attached hydrogens (tertiary/aromatic N) is 2. The molecule has 1 aromatic carbocycles. The van der Waals surface area contributed by atoms with Crippen molar-refractivity contribution in [2.24, 2.45) is 0 Å². The van der Waals surface area contributed by atoms with Crippen molar-refractivity contribution in [1.82, 2.24) is 9.97 Å². The third-order valence-corrected chi connectivity index (χ3v) is 2.70. The maximum absolute atomic E-state index is 5.85. The van der Waals surface area contributed by atoms with Crippen LogP contribution in [0, 0.1) is 0 Å². The molecule has 0 bridgehead atoms. The zero-order chi connectivity index (χ0) is 13.1. The molecule has 0 fully saturated rings. The third kappa shape index (κ3) is 2.66. The Morgan fingerprint density at radius 3 is 2.17 bits per heavy atom. The van der Waals surface area contributed by atoms with Gasteiger partial charge in [0, 0.05) is 12.1 Å². The SMILES string of the molecule is COc1ccc(-c2nc(Cl)cc(Cl)n2)c(OC)c1. The van der Waals surface area contributed by atoms with Crippen LogP contribution in [0.15, 0.2) is 24.3 Å². The second-order valence-electron chi connectivity index (χ2n) is 3.40.